The average molecular weight is 202 g/mol. The van der Waals surface area contributed by atoms with Gasteiger partial charge in [-0.2, -0.15) is 0 Å². The minimum atomic E-state index is 0.872. The fourth-order valence-corrected chi connectivity index (χ4v) is 1.33. The highest BCUT2D eigenvalue weighted by molar-refractivity contribution is 5.41. The topological polar surface area (TPSA) is 24.1 Å². The monoisotopic (exact) mass is 202 g/mol. The van der Waals surface area contributed by atoms with Gasteiger partial charge in [-0.1, -0.05) is 30.0 Å². The Labute approximate surface area is 92.1 Å². The molecule has 0 radical (unpaired) electrons. The van der Waals surface area contributed by atoms with E-state index in [1.807, 2.05) is 26.2 Å². The van der Waals surface area contributed by atoms with Crippen molar-refractivity contribution in [2.75, 3.05) is 20.6 Å². The van der Waals surface area contributed by atoms with E-state index in [9.17, 15) is 0 Å². The molecule has 2 N–H and O–H groups in total. The Balaban J connectivity index is 2.68. The van der Waals surface area contributed by atoms with Crippen LogP contribution in [0.4, 0.5) is 0 Å². The number of hydrogen-bond acceptors (Lipinski definition) is 2. The van der Waals surface area contributed by atoms with Gasteiger partial charge in [0, 0.05) is 25.1 Å². The van der Waals surface area contributed by atoms with E-state index in [1.165, 1.54) is 5.56 Å². The fourth-order valence-electron chi connectivity index (χ4n) is 1.33. The molecule has 0 aliphatic heterocycles. The van der Waals surface area contributed by atoms with E-state index >= 15 is 0 Å². The second-order valence-corrected chi connectivity index (χ2v) is 3.34. The van der Waals surface area contributed by atoms with Gasteiger partial charge in [-0.25, -0.2) is 0 Å². The SMILES string of the molecule is CNCCC#Cc1ccccc1CNC. The van der Waals surface area contributed by atoms with Crippen molar-refractivity contribution in [2.24, 2.45) is 0 Å². The second kappa shape index (κ2) is 7.05. The van der Waals surface area contributed by atoms with Gasteiger partial charge in [0.05, 0.1) is 0 Å². The largest absolute Gasteiger partial charge is 0.319 e. The molecule has 80 valence electrons. The molecule has 0 saturated carbocycles. The van der Waals surface area contributed by atoms with Crippen molar-refractivity contribution in [3.63, 3.8) is 0 Å². The van der Waals surface area contributed by atoms with Crippen molar-refractivity contribution in [2.45, 2.75) is 13.0 Å². The molecule has 0 amide bonds. The molecule has 1 aromatic rings. The maximum atomic E-state index is 3.20. The minimum Gasteiger partial charge on any atom is -0.319 e. The molecule has 0 atom stereocenters. The van der Waals surface area contributed by atoms with Crippen molar-refractivity contribution >= 4 is 0 Å². The molecule has 1 rings (SSSR count). The van der Waals surface area contributed by atoms with Gasteiger partial charge >= 0.3 is 0 Å². The first kappa shape index (κ1) is 11.8. The molecule has 0 spiro atoms. The molecular formula is C13H18N2. The van der Waals surface area contributed by atoms with Gasteiger partial charge in [-0.05, 0) is 25.7 Å². The van der Waals surface area contributed by atoms with Gasteiger partial charge in [-0.15, -0.1) is 0 Å². The number of hydrogen-bond donors (Lipinski definition) is 2. The van der Waals surface area contributed by atoms with E-state index in [1.54, 1.807) is 0 Å². The minimum absolute atomic E-state index is 0.872. The summed E-state index contributed by atoms with van der Waals surface area (Å²) in [4.78, 5) is 0. The Morgan fingerprint density at radius 1 is 1.13 bits per heavy atom. The summed E-state index contributed by atoms with van der Waals surface area (Å²) in [5, 5.41) is 6.22. The van der Waals surface area contributed by atoms with Crippen LogP contribution in [-0.4, -0.2) is 20.6 Å². The Hall–Kier alpha value is -1.30. The molecule has 2 heteroatoms. The summed E-state index contributed by atoms with van der Waals surface area (Å²) < 4.78 is 0. The Bertz CT molecular complexity index is 347. The molecule has 1 aromatic carbocycles. The number of benzene rings is 1. The van der Waals surface area contributed by atoms with Crippen molar-refractivity contribution in [1.82, 2.24) is 10.6 Å². The predicted octanol–water partition coefficient (Wildman–Crippen LogP) is 1.37. The zero-order chi connectivity index (χ0) is 10.9. The maximum Gasteiger partial charge on any atom is 0.0290 e. The van der Waals surface area contributed by atoms with Gasteiger partial charge in [0.15, 0.2) is 0 Å². The highest BCUT2D eigenvalue weighted by Gasteiger charge is 1.95. The van der Waals surface area contributed by atoms with Gasteiger partial charge < -0.3 is 10.6 Å². The summed E-state index contributed by atoms with van der Waals surface area (Å²) in [6.45, 7) is 1.82. The zero-order valence-electron chi connectivity index (χ0n) is 9.43. The Morgan fingerprint density at radius 2 is 1.93 bits per heavy atom. The summed E-state index contributed by atoms with van der Waals surface area (Å²) >= 11 is 0. The zero-order valence-corrected chi connectivity index (χ0v) is 9.43. The van der Waals surface area contributed by atoms with Crippen LogP contribution < -0.4 is 10.6 Å². The van der Waals surface area contributed by atoms with Crippen molar-refractivity contribution in [3.8, 4) is 11.8 Å². The summed E-state index contributed by atoms with van der Waals surface area (Å²) in [5.41, 5.74) is 2.39. The first-order valence-electron chi connectivity index (χ1n) is 5.24. The van der Waals surface area contributed by atoms with E-state index in [0.717, 1.165) is 25.1 Å². The van der Waals surface area contributed by atoms with E-state index in [2.05, 4.69) is 34.6 Å². The van der Waals surface area contributed by atoms with Crippen LogP contribution in [-0.2, 0) is 6.54 Å². The lowest BCUT2D eigenvalue weighted by atomic mass is 10.1. The van der Waals surface area contributed by atoms with Crippen LogP contribution >= 0.6 is 0 Å². The van der Waals surface area contributed by atoms with Crippen LogP contribution in [0.1, 0.15) is 17.5 Å². The fraction of sp³-hybridized carbons (Fsp3) is 0.385. The predicted molar refractivity (Wildman–Crippen MR) is 64.6 cm³/mol. The highest BCUT2D eigenvalue weighted by atomic mass is 14.8. The molecule has 2 nitrogen and oxygen atoms in total. The van der Waals surface area contributed by atoms with E-state index in [0.29, 0.717) is 0 Å². The van der Waals surface area contributed by atoms with E-state index in [4.69, 9.17) is 0 Å². The summed E-state index contributed by atoms with van der Waals surface area (Å²) in [5.74, 6) is 6.36. The summed E-state index contributed by atoms with van der Waals surface area (Å²) in [7, 11) is 3.89. The van der Waals surface area contributed by atoms with Crippen molar-refractivity contribution < 1.29 is 0 Å². The number of rotatable bonds is 4. The summed E-state index contributed by atoms with van der Waals surface area (Å²) in [6.07, 6.45) is 0.893. The molecule has 0 bridgehead atoms. The molecule has 0 heterocycles. The molecule has 0 aliphatic rings. The van der Waals surface area contributed by atoms with E-state index < -0.39 is 0 Å². The average Bonchev–Trinajstić information content (AvgIpc) is 2.27. The third-order valence-electron chi connectivity index (χ3n) is 2.11. The Kier molecular flexibility index (Phi) is 5.54. The van der Waals surface area contributed by atoms with E-state index in [-0.39, 0.29) is 0 Å². The maximum absolute atomic E-state index is 3.20. The lowest BCUT2D eigenvalue weighted by Gasteiger charge is -2.02. The number of nitrogens with one attached hydrogen (secondary N) is 2. The van der Waals surface area contributed by atoms with Crippen LogP contribution in [0.2, 0.25) is 0 Å². The smallest absolute Gasteiger partial charge is 0.0290 e. The molecule has 0 aromatic heterocycles. The third-order valence-corrected chi connectivity index (χ3v) is 2.11. The van der Waals surface area contributed by atoms with Crippen LogP contribution in [0.3, 0.4) is 0 Å². The first-order valence-corrected chi connectivity index (χ1v) is 5.24. The molecule has 0 aliphatic carbocycles. The van der Waals surface area contributed by atoms with Crippen molar-refractivity contribution in [3.05, 3.63) is 35.4 Å². The molecule has 0 unspecified atom stereocenters. The van der Waals surface area contributed by atoms with Gasteiger partial charge in [0.2, 0.25) is 0 Å². The molecule has 15 heavy (non-hydrogen) atoms. The first-order chi connectivity index (χ1) is 7.38. The second-order valence-electron chi connectivity index (χ2n) is 3.34. The standard InChI is InChI=1S/C13H18N2/c1-14-10-6-5-8-12-7-3-4-9-13(12)11-15-2/h3-4,7,9,14-15H,6,10-11H2,1-2H3. The highest BCUT2D eigenvalue weighted by Crippen LogP contribution is 2.06. The summed E-state index contributed by atoms with van der Waals surface area (Å²) in [6, 6.07) is 8.25. The quantitative estimate of drug-likeness (QED) is 0.569. The molecule has 0 fully saturated rings. The van der Waals surface area contributed by atoms with Crippen LogP contribution in [0, 0.1) is 11.8 Å². The molecular weight excluding hydrogens is 184 g/mol. The van der Waals surface area contributed by atoms with Gasteiger partial charge in [-0.3, -0.25) is 0 Å². The molecule has 0 saturated heterocycles. The third kappa shape index (κ3) is 4.16. The van der Waals surface area contributed by atoms with Crippen LogP contribution in [0.25, 0.3) is 0 Å². The van der Waals surface area contributed by atoms with Gasteiger partial charge in [0.1, 0.15) is 0 Å². The van der Waals surface area contributed by atoms with Crippen molar-refractivity contribution in [1.29, 1.82) is 0 Å². The lowest BCUT2D eigenvalue weighted by molar-refractivity contribution is 0.814. The van der Waals surface area contributed by atoms with Gasteiger partial charge in [0.25, 0.3) is 0 Å². The lowest BCUT2D eigenvalue weighted by Crippen LogP contribution is -2.07. The normalized spacial score (nSPS) is 9.47. The Morgan fingerprint density at radius 3 is 2.67 bits per heavy atom. The van der Waals surface area contributed by atoms with Crippen LogP contribution in [0.15, 0.2) is 24.3 Å². The van der Waals surface area contributed by atoms with Crippen LogP contribution in [0.5, 0.6) is 0 Å².